The number of carbonyl (C=O) groups is 6. The van der Waals surface area contributed by atoms with Crippen molar-refractivity contribution < 1.29 is 28.8 Å². The predicted octanol–water partition coefficient (Wildman–Crippen LogP) is 2.39. The van der Waals surface area contributed by atoms with Crippen LogP contribution in [0.1, 0.15) is 98.8 Å². The topological polar surface area (TPSA) is 154 Å². The standard InChI is InChI=1S/C18H30N2O2.C9H14N2O3.C4H9NO/c1-3-8-14(2)13-16(21)19-17(15-9-4-5-10-15)18(22)20-11-6-7-12-20;1-6(13)8(11-5-12)4-7-2-3-10-9(7)14;1-4(2)5-3-6/h13,15,17H,3-12H2,1-2H3,(H,19,21);5,7-8H,2-4H2,1H3,(H,10,14)(H,11,12);3-4H,1-2H3,(H,5,6)/b14-13+;;. The van der Waals surface area contributed by atoms with Crippen LogP contribution in [0.5, 0.6) is 0 Å². The summed E-state index contributed by atoms with van der Waals surface area (Å²) < 4.78 is 0. The van der Waals surface area contributed by atoms with E-state index in [-0.39, 0.29) is 41.5 Å². The maximum Gasteiger partial charge on any atom is 0.245 e. The lowest BCUT2D eigenvalue weighted by atomic mass is 9.96. The Hall–Kier alpha value is -3.24. The van der Waals surface area contributed by atoms with Crippen molar-refractivity contribution in [2.45, 2.75) is 117 Å². The fourth-order valence-electron chi connectivity index (χ4n) is 5.42. The molecule has 2 aliphatic heterocycles. The minimum atomic E-state index is -0.527. The fourth-order valence-corrected chi connectivity index (χ4v) is 5.42. The Morgan fingerprint density at radius 1 is 0.976 bits per heavy atom. The molecule has 0 aromatic carbocycles. The number of carbonyl (C=O) groups excluding carboxylic acids is 6. The summed E-state index contributed by atoms with van der Waals surface area (Å²) in [7, 11) is 0. The summed E-state index contributed by atoms with van der Waals surface area (Å²) >= 11 is 0. The maximum absolute atomic E-state index is 12.8. The summed E-state index contributed by atoms with van der Waals surface area (Å²) in [6, 6.07) is -0.567. The van der Waals surface area contributed by atoms with Gasteiger partial charge in [0.25, 0.3) is 0 Å². The molecule has 0 aromatic rings. The van der Waals surface area contributed by atoms with Gasteiger partial charge in [0.2, 0.25) is 30.5 Å². The van der Waals surface area contributed by atoms with E-state index in [2.05, 4.69) is 28.2 Å². The molecule has 4 N–H and O–H groups in total. The van der Waals surface area contributed by atoms with E-state index in [1.54, 1.807) is 6.08 Å². The highest BCUT2D eigenvalue weighted by Gasteiger charge is 2.35. The summed E-state index contributed by atoms with van der Waals surface area (Å²) in [6.07, 6.45) is 12.6. The molecule has 11 heteroatoms. The van der Waals surface area contributed by atoms with Crippen molar-refractivity contribution in [1.29, 1.82) is 0 Å². The molecule has 3 unspecified atom stereocenters. The number of nitrogens with zero attached hydrogens (tertiary/aromatic N) is 1. The summed E-state index contributed by atoms with van der Waals surface area (Å²) in [5.74, 6) is 0.0729. The van der Waals surface area contributed by atoms with Crippen LogP contribution in [0.15, 0.2) is 11.6 Å². The molecule has 0 spiro atoms. The number of hydrogen-bond acceptors (Lipinski definition) is 6. The Morgan fingerprint density at radius 2 is 1.60 bits per heavy atom. The third-order valence-corrected chi connectivity index (χ3v) is 7.72. The van der Waals surface area contributed by atoms with Gasteiger partial charge in [-0.15, -0.1) is 0 Å². The summed E-state index contributed by atoms with van der Waals surface area (Å²) in [5, 5.41) is 10.7. The van der Waals surface area contributed by atoms with Crippen LogP contribution in [0.25, 0.3) is 0 Å². The first-order valence-electron chi connectivity index (χ1n) is 15.5. The molecule has 2 heterocycles. The molecule has 0 radical (unpaired) electrons. The highest BCUT2D eigenvalue weighted by Crippen LogP contribution is 2.29. The average molecular weight is 592 g/mol. The fraction of sp³-hybridized carbons (Fsp3) is 0.742. The number of allylic oxidation sites excluding steroid dienone is 1. The van der Waals surface area contributed by atoms with Crippen LogP contribution in [0.4, 0.5) is 0 Å². The van der Waals surface area contributed by atoms with Crippen LogP contribution >= 0.6 is 0 Å². The summed E-state index contributed by atoms with van der Waals surface area (Å²) in [5.41, 5.74) is 1.08. The van der Waals surface area contributed by atoms with Crippen molar-refractivity contribution in [2.24, 2.45) is 11.8 Å². The number of ketones is 1. The molecule has 1 saturated carbocycles. The number of amides is 5. The van der Waals surface area contributed by atoms with Gasteiger partial charge in [-0.1, -0.05) is 31.8 Å². The van der Waals surface area contributed by atoms with Crippen molar-refractivity contribution in [3.05, 3.63) is 11.6 Å². The van der Waals surface area contributed by atoms with Crippen LogP contribution in [0.3, 0.4) is 0 Å². The van der Waals surface area contributed by atoms with Crippen LogP contribution in [0, 0.1) is 11.8 Å². The second kappa shape index (κ2) is 20.6. The first-order valence-corrected chi connectivity index (χ1v) is 15.5. The lowest BCUT2D eigenvalue weighted by molar-refractivity contribution is -0.136. The van der Waals surface area contributed by atoms with Crippen LogP contribution in [-0.2, 0) is 28.8 Å². The monoisotopic (exact) mass is 591 g/mol. The van der Waals surface area contributed by atoms with Crippen molar-refractivity contribution in [3.63, 3.8) is 0 Å². The summed E-state index contributed by atoms with van der Waals surface area (Å²) in [4.78, 5) is 69.0. The van der Waals surface area contributed by atoms with Crippen LogP contribution < -0.4 is 21.3 Å². The normalized spacial score (nSPS) is 19.9. The third kappa shape index (κ3) is 14.1. The molecule has 2 saturated heterocycles. The molecule has 1 aliphatic carbocycles. The van der Waals surface area contributed by atoms with Gasteiger partial charge < -0.3 is 26.2 Å². The molecular weight excluding hydrogens is 538 g/mol. The zero-order valence-corrected chi connectivity index (χ0v) is 26.2. The Bertz CT molecular complexity index is 909. The van der Waals surface area contributed by atoms with Crippen molar-refractivity contribution >= 4 is 36.3 Å². The lowest BCUT2D eigenvalue weighted by Gasteiger charge is -2.28. The predicted molar refractivity (Wildman–Crippen MR) is 162 cm³/mol. The van der Waals surface area contributed by atoms with Gasteiger partial charge in [-0.2, -0.15) is 0 Å². The van der Waals surface area contributed by atoms with Crippen LogP contribution in [0.2, 0.25) is 0 Å². The van der Waals surface area contributed by atoms with E-state index in [4.69, 9.17) is 0 Å². The highest BCUT2D eigenvalue weighted by molar-refractivity contribution is 5.93. The van der Waals surface area contributed by atoms with E-state index in [1.807, 2.05) is 25.7 Å². The van der Waals surface area contributed by atoms with Gasteiger partial charge in [-0.05, 0) is 78.6 Å². The van der Waals surface area contributed by atoms with E-state index in [1.165, 1.54) is 19.8 Å². The third-order valence-electron chi connectivity index (χ3n) is 7.72. The van der Waals surface area contributed by atoms with Crippen molar-refractivity contribution in [2.75, 3.05) is 19.6 Å². The second-order valence-electron chi connectivity index (χ2n) is 11.7. The highest BCUT2D eigenvalue weighted by atomic mass is 16.2. The molecule has 0 bridgehead atoms. The Morgan fingerprint density at radius 3 is 2.05 bits per heavy atom. The van der Waals surface area contributed by atoms with Gasteiger partial charge >= 0.3 is 0 Å². The van der Waals surface area contributed by atoms with Gasteiger partial charge in [0, 0.05) is 37.7 Å². The molecule has 42 heavy (non-hydrogen) atoms. The van der Waals surface area contributed by atoms with E-state index in [9.17, 15) is 28.8 Å². The Kier molecular flexibility index (Phi) is 18.0. The lowest BCUT2D eigenvalue weighted by Crippen LogP contribution is -2.50. The van der Waals surface area contributed by atoms with Gasteiger partial charge in [0.05, 0.1) is 6.04 Å². The maximum atomic E-state index is 12.8. The minimum absolute atomic E-state index is 0.0241. The zero-order chi connectivity index (χ0) is 31.5. The van der Waals surface area contributed by atoms with E-state index < -0.39 is 6.04 Å². The molecule has 5 amide bonds. The number of likely N-dealkylation sites (tertiary alicyclic amines) is 1. The molecule has 238 valence electrons. The molecule has 3 fully saturated rings. The van der Waals surface area contributed by atoms with Crippen molar-refractivity contribution in [1.82, 2.24) is 26.2 Å². The molecule has 0 aromatic heterocycles. The van der Waals surface area contributed by atoms with E-state index in [0.29, 0.717) is 31.7 Å². The molecule has 3 rings (SSSR count). The summed E-state index contributed by atoms with van der Waals surface area (Å²) in [6.45, 7) is 11.7. The number of Topliss-reactive ketones (excluding diaryl/α,β-unsaturated/α-hetero) is 1. The molecule has 3 aliphatic rings. The number of hydrogen-bond donors (Lipinski definition) is 4. The molecule has 3 atom stereocenters. The smallest absolute Gasteiger partial charge is 0.245 e. The van der Waals surface area contributed by atoms with E-state index >= 15 is 0 Å². The van der Waals surface area contributed by atoms with Gasteiger partial charge in [-0.25, -0.2) is 0 Å². The first kappa shape index (κ1) is 36.8. The van der Waals surface area contributed by atoms with Crippen molar-refractivity contribution in [3.8, 4) is 0 Å². The largest absolute Gasteiger partial charge is 0.357 e. The molecular formula is C31H53N5O6. The zero-order valence-electron chi connectivity index (χ0n) is 26.2. The Labute approximate surface area is 251 Å². The number of rotatable bonds is 13. The Balaban J connectivity index is 0.000000376. The second-order valence-corrected chi connectivity index (χ2v) is 11.7. The van der Waals surface area contributed by atoms with Gasteiger partial charge in [0.15, 0.2) is 5.78 Å². The minimum Gasteiger partial charge on any atom is -0.357 e. The van der Waals surface area contributed by atoms with Gasteiger partial charge in [-0.3, -0.25) is 28.8 Å². The quantitative estimate of drug-likeness (QED) is 0.191. The van der Waals surface area contributed by atoms with Gasteiger partial charge in [0.1, 0.15) is 6.04 Å². The first-order chi connectivity index (χ1) is 20.0. The molecule has 11 nitrogen and oxygen atoms in total. The number of nitrogens with one attached hydrogen (secondary N) is 4. The average Bonchev–Trinajstić information content (AvgIpc) is 3.71. The van der Waals surface area contributed by atoms with E-state index in [0.717, 1.165) is 63.6 Å². The SMILES string of the molecule is CC(=O)C(CC1CCNC1=O)NC=O.CC(C)NC=O.CCC/C(C)=C/C(=O)NC(C(=O)N1CCCC1)C1CCCC1. The van der Waals surface area contributed by atoms with Crippen LogP contribution in [-0.4, -0.2) is 79.0 Å².